The molecule has 3 rings (SSSR count). The first-order valence-corrected chi connectivity index (χ1v) is 11.8. The molecular formula is C24H38N4O3. The van der Waals surface area contributed by atoms with Crippen molar-refractivity contribution >= 4 is 17.7 Å². The van der Waals surface area contributed by atoms with Gasteiger partial charge in [-0.25, -0.2) is 15.2 Å². The van der Waals surface area contributed by atoms with E-state index in [-0.39, 0.29) is 24.0 Å². The van der Waals surface area contributed by atoms with Crippen molar-refractivity contribution in [2.45, 2.75) is 90.2 Å². The minimum atomic E-state index is -0.522. The zero-order valence-corrected chi connectivity index (χ0v) is 19.2. The lowest BCUT2D eigenvalue weighted by Crippen LogP contribution is -2.52. The molecule has 2 aliphatic carbocycles. The van der Waals surface area contributed by atoms with E-state index in [9.17, 15) is 9.59 Å². The van der Waals surface area contributed by atoms with Crippen molar-refractivity contribution in [3.05, 3.63) is 24.5 Å². The van der Waals surface area contributed by atoms with E-state index in [1.54, 1.807) is 29.5 Å². The number of ether oxygens (including phenoxy) is 1. The Labute approximate surface area is 186 Å². The molecule has 0 aliphatic heterocycles. The van der Waals surface area contributed by atoms with Crippen molar-refractivity contribution in [3.8, 4) is 0 Å². The van der Waals surface area contributed by atoms with E-state index in [4.69, 9.17) is 4.74 Å². The van der Waals surface area contributed by atoms with E-state index in [1.807, 2.05) is 20.8 Å². The number of hydrazine groups is 1. The lowest BCUT2D eigenvalue weighted by atomic mass is 9.85. The van der Waals surface area contributed by atoms with Crippen LogP contribution in [0.15, 0.2) is 24.5 Å². The molecule has 0 bridgehead atoms. The number of anilines is 1. The van der Waals surface area contributed by atoms with Crippen LogP contribution in [0.1, 0.15) is 78.6 Å². The number of nitrogens with one attached hydrogen (secondary N) is 2. The van der Waals surface area contributed by atoms with E-state index >= 15 is 0 Å². The van der Waals surface area contributed by atoms with Crippen LogP contribution in [0, 0.1) is 11.8 Å². The Morgan fingerprint density at radius 3 is 2.29 bits per heavy atom. The van der Waals surface area contributed by atoms with Gasteiger partial charge in [0.15, 0.2) is 0 Å². The minimum Gasteiger partial charge on any atom is -0.443 e. The second-order valence-corrected chi connectivity index (χ2v) is 10.00. The highest BCUT2D eigenvalue weighted by molar-refractivity contribution is 5.92. The van der Waals surface area contributed by atoms with E-state index < -0.39 is 5.60 Å². The first-order chi connectivity index (χ1) is 14.8. The van der Waals surface area contributed by atoms with Gasteiger partial charge in [-0.1, -0.05) is 19.3 Å². The normalized spacial score (nSPS) is 22.5. The molecule has 31 heavy (non-hydrogen) atoms. The molecule has 1 heterocycles. The maximum absolute atomic E-state index is 12.9. The molecule has 2 amide bonds. The number of nitrogens with zero attached hydrogens (tertiary/aromatic N) is 2. The number of hydrogen-bond donors (Lipinski definition) is 2. The second-order valence-electron chi connectivity index (χ2n) is 10.00. The van der Waals surface area contributed by atoms with Gasteiger partial charge >= 0.3 is 6.09 Å². The largest absolute Gasteiger partial charge is 0.443 e. The average Bonchev–Trinajstić information content (AvgIpc) is 2.74. The summed E-state index contributed by atoms with van der Waals surface area (Å²) in [5.74, 6) is 0.589. The Morgan fingerprint density at radius 1 is 1.03 bits per heavy atom. The maximum Gasteiger partial charge on any atom is 0.424 e. The van der Waals surface area contributed by atoms with Crippen LogP contribution < -0.4 is 10.7 Å². The van der Waals surface area contributed by atoms with Crippen LogP contribution in [0.2, 0.25) is 0 Å². The third-order valence-electron chi connectivity index (χ3n) is 6.16. The standard InChI is InChI=1S/C24H38N4O3/c1-24(2,3)31-23(30)28(17-18-7-5-4-6-8-18)27-21-11-9-19(10-12-21)22(29)26-20-13-15-25-16-14-20/h13-16,18-19,21,27H,4-12,17H2,1-3H3,(H,25,26,29). The fourth-order valence-electron chi connectivity index (χ4n) is 4.51. The Bertz CT molecular complexity index is 705. The Morgan fingerprint density at radius 2 is 1.68 bits per heavy atom. The van der Waals surface area contributed by atoms with Crippen LogP contribution in [0.3, 0.4) is 0 Å². The van der Waals surface area contributed by atoms with E-state index in [2.05, 4.69) is 15.7 Å². The molecular weight excluding hydrogens is 392 g/mol. The summed E-state index contributed by atoms with van der Waals surface area (Å²) >= 11 is 0. The van der Waals surface area contributed by atoms with Crippen LogP contribution in [0.4, 0.5) is 10.5 Å². The molecule has 2 aliphatic rings. The van der Waals surface area contributed by atoms with Crippen LogP contribution in [-0.2, 0) is 9.53 Å². The monoisotopic (exact) mass is 430 g/mol. The number of aromatic nitrogens is 1. The zero-order chi connectivity index (χ0) is 22.3. The molecule has 1 aromatic heterocycles. The summed E-state index contributed by atoms with van der Waals surface area (Å²) in [4.78, 5) is 29.4. The van der Waals surface area contributed by atoms with Gasteiger partial charge in [0.05, 0.1) is 0 Å². The van der Waals surface area contributed by atoms with Crippen LogP contribution in [0.5, 0.6) is 0 Å². The third-order valence-corrected chi connectivity index (χ3v) is 6.16. The fourth-order valence-corrected chi connectivity index (χ4v) is 4.51. The molecule has 172 valence electrons. The summed E-state index contributed by atoms with van der Waals surface area (Å²) in [6.07, 6.45) is 12.5. The number of pyridine rings is 1. The third kappa shape index (κ3) is 7.80. The van der Waals surface area contributed by atoms with Crippen molar-refractivity contribution in [2.24, 2.45) is 11.8 Å². The van der Waals surface area contributed by atoms with E-state index in [0.29, 0.717) is 12.5 Å². The smallest absolute Gasteiger partial charge is 0.424 e. The summed E-state index contributed by atoms with van der Waals surface area (Å²) in [7, 11) is 0. The minimum absolute atomic E-state index is 0.000429. The van der Waals surface area contributed by atoms with Gasteiger partial charge in [0.2, 0.25) is 5.91 Å². The topological polar surface area (TPSA) is 83.6 Å². The Kier molecular flexibility index (Phi) is 8.29. The first kappa shape index (κ1) is 23.5. The van der Waals surface area contributed by atoms with Gasteiger partial charge in [-0.3, -0.25) is 9.78 Å². The molecule has 0 aromatic carbocycles. The molecule has 2 fully saturated rings. The van der Waals surface area contributed by atoms with E-state index in [0.717, 1.165) is 31.4 Å². The first-order valence-electron chi connectivity index (χ1n) is 11.8. The number of rotatable bonds is 6. The van der Waals surface area contributed by atoms with Crippen LogP contribution in [-0.4, -0.2) is 40.2 Å². The predicted molar refractivity (Wildman–Crippen MR) is 121 cm³/mol. The molecule has 0 unspecified atom stereocenters. The second kappa shape index (κ2) is 10.9. The fraction of sp³-hybridized carbons (Fsp3) is 0.708. The number of hydrogen-bond acceptors (Lipinski definition) is 5. The molecule has 7 heteroatoms. The van der Waals surface area contributed by atoms with Gasteiger partial charge < -0.3 is 10.1 Å². The lowest BCUT2D eigenvalue weighted by Gasteiger charge is -2.36. The van der Waals surface area contributed by atoms with E-state index in [1.165, 1.54) is 32.1 Å². The zero-order valence-electron chi connectivity index (χ0n) is 19.2. The average molecular weight is 431 g/mol. The van der Waals surface area contributed by atoms with Gasteiger partial charge in [0.1, 0.15) is 5.60 Å². The van der Waals surface area contributed by atoms with Crippen molar-refractivity contribution in [3.63, 3.8) is 0 Å². The van der Waals surface area contributed by atoms with Gasteiger partial charge in [-0.15, -0.1) is 0 Å². The molecule has 2 saturated carbocycles. The van der Waals surface area contributed by atoms with Crippen LogP contribution in [0.25, 0.3) is 0 Å². The Balaban J connectivity index is 1.52. The van der Waals surface area contributed by atoms with Gasteiger partial charge in [0.25, 0.3) is 0 Å². The highest BCUT2D eigenvalue weighted by Gasteiger charge is 2.31. The molecule has 0 saturated heterocycles. The predicted octanol–water partition coefficient (Wildman–Crippen LogP) is 4.90. The summed E-state index contributed by atoms with van der Waals surface area (Å²) in [6, 6.07) is 3.78. The number of amides is 2. The summed E-state index contributed by atoms with van der Waals surface area (Å²) in [5.41, 5.74) is 3.71. The van der Waals surface area contributed by atoms with Gasteiger partial charge in [0, 0.05) is 36.6 Å². The molecule has 2 N–H and O–H groups in total. The summed E-state index contributed by atoms with van der Waals surface area (Å²) < 4.78 is 5.66. The maximum atomic E-state index is 12.9. The van der Waals surface area contributed by atoms with Crippen molar-refractivity contribution < 1.29 is 14.3 Å². The molecule has 0 atom stereocenters. The van der Waals surface area contributed by atoms with Crippen molar-refractivity contribution in [2.75, 3.05) is 11.9 Å². The molecule has 0 spiro atoms. The highest BCUT2D eigenvalue weighted by atomic mass is 16.6. The number of carbonyl (C=O) groups excluding carboxylic acids is 2. The van der Waals surface area contributed by atoms with Crippen molar-refractivity contribution in [1.29, 1.82) is 0 Å². The SMILES string of the molecule is CC(C)(C)OC(=O)N(CC1CCCCC1)NC1CCC(C(=O)Nc2ccncc2)CC1. The lowest BCUT2D eigenvalue weighted by molar-refractivity contribution is -0.121. The van der Waals surface area contributed by atoms with Gasteiger partial charge in [-0.05, 0) is 77.3 Å². The molecule has 1 aromatic rings. The summed E-state index contributed by atoms with van der Waals surface area (Å²) in [5, 5.41) is 4.69. The quantitative estimate of drug-likeness (QED) is 0.627. The number of carbonyl (C=O) groups is 2. The summed E-state index contributed by atoms with van der Waals surface area (Å²) in [6.45, 7) is 6.39. The van der Waals surface area contributed by atoms with Crippen molar-refractivity contribution in [1.82, 2.24) is 15.4 Å². The van der Waals surface area contributed by atoms with Crippen LogP contribution >= 0.6 is 0 Å². The Hall–Kier alpha value is -2.15. The molecule has 0 radical (unpaired) electrons. The molecule has 7 nitrogen and oxygen atoms in total. The van der Waals surface area contributed by atoms with Gasteiger partial charge in [-0.2, -0.15) is 0 Å². The highest BCUT2D eigenvalue weighted by Crippen LogP contribution is 2.28.